The molecule has 0 spiro atoms. The highest BCUT2D eigenvalue weighted by Crippen LogP contribution is 2.21. The van der Waals surface area contributed by atoms with E-state index in [4.69, 9.17) is 16.3 Å². The van der Waals surface area contributed by atoms with Crippen LogP contribution in [0.2, 0.25) is 5.15 Å². The van der Waals surface area contributed by atoms with Crippen LogP contribution in [0, 0.1) is 0 Å². The lowest BCUT2D eigenvalue weighted by atomic mass is 10.1. The topological polar surface area (TPSA) is 92.7 Å². The minimum atomic E-state index is -0.272. The zero-order chi connectivity index (χ0) is 22.1. The zero-order valence-electron chi connectivity index (χ0n) is 17.1. The molecule has 160 valence electrons. The number of nitrogens with zero attached hydrogens (tertiary/aromatic N) is 7. The monoisotopic (exact) mass is 447 g/mol. The van der Waals surface area contributed by atoms with E-state index in [0.29, 0.717) is 28.8 Å². The van der Waals surface area contributed by atoms with Gasteiger partial charge in [0.25, 0.3) is 0 Å². The fourth-order valence-electron chi connectivity index (χ4n) is 3.43. The number of fused-ring (bicyclic) bond motifs is 1. The number of halogens is 1. The SMILES string of the molecule is COc1ccc(-n2ncn(Cc3cn(Cc4cc5ccccc5nc4Cl)nn3)c2=O)cc1. The fraction of sp³-hybridized carbons (Fsp3) is 0.136. The van der Waals surface area contributed by atoms with E-state index in [1.54, 1.807) is 42.3 Å². The van der Waals surface area contributed by atoms with Crippen molar-refractivity contribution < 1.29 is 4.74 Å². The van der Waals surface area contributed by atoms with Crippen LogP contribution in [0.5, 0.6) is 5.75 Å². The molecule has 32 heavy (non-hydrogen) atoms. The van der Waals surface area contributed by atoms with E-state index in [1.807, 2.05) is 30.3 Å². The summed E-state index contributed by atoms with van der Waals surface area (Å²) < 4.78 is 9.62. The number of hydrogen-bond acceptors (Lipinski definition) is 6. The minimum Gasteiger partial charge on any atom is -0.497 e. The highest BCUT2D eigenvalue weighted by molar-refractivity contribution is 6.30. The normalized spacial score (nSPS) is 11.2. The number of hydrogen-bond donors (Lipinski definition) is 0. The second kappa shape index (κ2) is 8.27. The van der Waals surface area contributed by atoms with Gasteiger partial charge in [0.1, 0.15) is 22.9 Å². The van der Waals surface area contributed by atoms with Gasteiger partial charge >= 0.3 is 5.69 Å². The van der Waals surface area contributed by atoms with E-state index in [9.17, 15) is 4.79 Å². The molecule has 5 aromatic rings. The summed E-state index contributed by atoms with van der Waals surface area (Å²) >= 11 is 6.35. The molecule has 5 rings (SSSR count). The van der Waals surface area contributed by atoms with Crippen molar-refractivity contribution in [2.24, 2.45) is 0 Å². The lowest BCUT2D eigenvalue weighted by molar-refractivity contribution is 0.414. The molecule has 0 fully saturated rings. The fourth-order valence-corrected chi connectivity index (χ4v) is 3.63. The lowest BCUT2D eigenvalue weighted by Gasteiger charge is -2.05. The Morgan fingerprint density at radius 2 is 1.88 bits per heavy atom. The molecule has 0 N–H and O–H groups in total. The van der Waals surface area contributed by atoms with Crippen LogP contribution in [-0.4, -0.2) is 41.4 Å². The number of benzene rings is 2. The Hall–Kier alpha value is -3.98. The average molecular weight is 448 g/mol. The Morgan fingerprint density at radius 3 is 2.69 bits per heavy atom. The van der Waals surface area contributed by atoms with Crippen LogP contribution in [0.3, 0.4) is 0 Å². The molecular formula is C22H18ClN7O2. The third-order valence-corrected chi connectivity index (χ3v) is 5.38. The Bertz CT molecular complexity index is 1450. The van der Waals surface area contributed by atoms with Crippen LogP contribution in [0.1, 0.15) is 11.3 Å². The van der Waals surface area contributed by atoms with Gasteiger partial charge < -0.3 is 4.74 Å². The number of para-hydroxylation sites is 1. The van der Waals surface area contributed by atoms with Gasteiger partial charge in [0.05, 0.1) is 37.6 Å². The smallest absolute Gasteiger partial charge is 0.350 e. The van der Waals surface area contributed by atoms with E-state index in [1.165, 1.54) is 15.6 Å². The van der Waals surface area contributed by atoms with Crippen molar-refractivity contribution in [1.29, 1.82) is 0 Å². The highest BCUT2D eigenvalue weighted by Gasteiger charge is 2.11. The maximum atomic E-state index is 12.7. The summed E-state index contributed by atoms with van der Waals surface area (Å²) in [4.78, 5) is 17.2. The summed E-state index contributed by atoms with van der Waals surface area (Å²) in [6, 6.07) is 16.9. The van der Waals surface area contributed by atoms with Gasteiger partial charge in [-0.15, -0.1) is 5.10 Å². The van der Waals surface area contributed by atoms with Crippen molar-refractivity contribution in [2.45, 2.75) is 13.1 Å². The molecule has 0 aliphatic carbocycles. The summed E-state index contributed by atoms with van der Waals surface area (Å²) in [5.74, 6) is 0.708. The van der Waals surface area contributed by atoms with E-state index >= 15 is 0 Å². The Kier molecular flexibility index (Phi) is 5.16. The van der Waals surface area contributed by atoms with Crippen LogP contribution in [0.25, 0.3) is 16.6 Å². The van der Waals surface area contributed by atoms with E-state index in [2.05, 4.69) is 20.4 Å². The molecule has 2 aromatic carbocycles. The summed E-state index contributed by atoms with van der Waals surface area (Å²) in [6.45, 7) is 0.669. The molecule has 0 radical (unpaired) electrons. The quantitative estimate of drug-likeness (QED) is 0.371. The van der Waals surface area contributed by atoms with Crippen LogP contribution < -0.4 is 10.4 Å². The number of aromatic nitrogens is 7. The van der Waals surface area contributed by atoms with Crippen molar-refractivity contribution in [3.63, 3.8) is 0 Å². The minimum absolute atomic E-state index is 0.249. The molecule has 9 nitrogen and oxygen atoms in total. The number of methoxy groups -OCH3 is 1. The zero-order valence-corrected chi connectivity index (χ0v) is 17.8. The van der Waals surface area contributed by atoms with Crippen molar-refractivity contribution in [3.8, 4) is 11.4 Å². The summed E-state index contributed by atoms with van der Waals surface area (Å²) in [7, 11) is 1.59. The first-order chi connectivity index (χ1) is 15.6. The number of rotatable bonds is 6. The average Bonchev–Trinajstić information content (AvgIpc) is 3.41. The van der Waals surface area contributed by atoms with E-state index in [-0.39, 0.29) is 12.2 Å². The van der Waals surface area contributed by atoms with Gasteiger partial charge in [0.15, 0.2) is 0 Å². The van der Waals surface area contributed by atoms with Crippen molar-refractivity contribution in [1.82, 2.24) is 34.3 Å². The molecule has 10 heteroatoms. The Morgan fingerprint density at radius 1 is 1.06 bits per heavy atom. The molecule has 0 bridgehead atoms. The largest absolute Gasteiger partial charge is 0.497 e. The van der Waals surface area contributed by atoms with E-state index < -0.39 is 0 Å². The predicted molar refractivity (Wildman–Crippen MR) is 119 cm³/mol. The Balaban J connectivity index is 1.34. The van der Waals surface area contributed by atoms with Crippen LogP contribution in [0.15, 0.2) is 71.9 Å². The Labute approximate surface area is 187 Å². The maximum Gasteiger partial charge on any atom is 0.350 e. The van der Waals surface area contributed by atoms with Gasteiger partial charge in [-0.3, -0.25) is 4.57 Å². The molecule has 0 aliphatic heterocycles. The first kappa shape index (κ1) is 20.0. The summed E-state index contributed by atoms with van der Waals surface area (Å²) in [5, 5.41) is 14.0. The van der Waals surface area contributed by atoms with Crippen molar-refractivity contribution in [2.75, 3.05) is 7.11 Å². The molecular weight excluding hydrogens is 430 g/mol. The lowest BCUT2D eigenvalue weighted by Crippen LogP contribution is -2.24. The molecule has 3 aromatic heterocycles. The number of ether oxygens (including phenoxy) is 1. The third-order valence-electron chi connectivity index (χ3n) is 5.05. The van der Waals surface area contributed by atoms with Gasteiger partial charge in [0, 0.05) is 10.9 Å². The number of pyridine rings is 1. The molecule has 3 heterocycles. The first-order valence-electron chi connectivity index (χ1n) is 9.83. The van der Waals surface area contributed by atoms with Crippen LogP contribution >= 0.6 is 11.6 Å². The van der Waals surface area contributed by atoms with Gasteiger partial charge in [-0.25, -0.2) is 14.5 Å². The third kappa shape index (κ3) is 3.85. The van der Waals surface area contributed by atoms with E-state index in [0.717, 1.165) is 16.5 Å². The maximum absolute atomic E-state index is 12.7. The molecule has 0 amide bonds. The second-order valence-electron chi connectivity index (χ2n) is 7.19. The van der Waals surface area contributed by atoms with Crippen molar-refractivity contribution >= 4 is 22.5 Å². The first-order valence-corrected chi connectivity index (χ1v) is 10.2. The molecule has 0 saturated heterocycles. The molecule has 0 saturated carbocycles. The predicted octanol–water partition coefficient (Wildman–Crippen LogP) is 2.93. The van der Waals surface area contributed by atoms with Crippen molar-refractivity contribution in [3.05, 3.63) is 94.0 Å². The van der Waals surface area contributed by atoms with Gasteiger partial charge in [0.2, 0.25) is 0 Å². The molecule has 0 aliphatic rings. The molecule has 0 unspecified atom stereocenters. The summed E-state index contributed by atoms with van der Waals surface area (Å²) in [5.41, 5.74) is 2.69. The molecule has 0 atom stereocenters. The van der Waals surface area contributed by atoms with Gasteiger partial charge in [-0.2, -0.15) is 9.78 Å². The summed E-state index contributed by atoms with van der Waals surface area (Å²) in [6.07, 6.45) is 3.26. The van der Waals surface area contributed by atoms with Gasteiger partial charge in [-0.05, 0) is 36.4 Å². The highest BCUT2D eigenvalue weighted by atomic mass is 35.5. The standard InChI is InChI=1S/C22H18ClN7O2/c1-32-19-8-6-18(7-9-19)30-22(31)28(14-24-30)12-17-13-29(27-26-17)11-16-10-15-4-2-3-5-20(15)25-21(16)23/h2-10,13-14H,11-12H2,1H3. The van der Waals surface area contributed by atoms with Crippen LogP contribution in [-0.2, 0) is 13.1 Å². The van der Waals surface area contributed by atoms with Crippen LogP contribution in [0.4, 0.5) is 0 Å². The van der Waals surface area contributed by atoms with Gasteiger partial charge in [-0.1, -0.05) is 35.0 Å². The second-order valence-corrected chi connectivity index (χ2v) is 7.55.